The lowest BCUT2D eigenvalue weighted by atomic mass is 9.99. The van der Waals surface area contributed by atoms with E-state index in [1.807, 2.05) is 78.9 Å². The van der Waals surface area contributed by atoms with Crippen molar-refractivity contribution in [2.24, 2.45) is 0 Å². The third-order valence-electron chi connectivity index (χ3n) is 10.9. The summed E-state index contributed by atoms with van der Waals surface area (Å²) in [7, 11) is 0. The molecule has 3 heteroatoms. The van der Waals surface area contributed by atoms with Crippen LogP contribution >= 0.6 is 0 Å². The van der Waals surface area contributed by atoms with Crippen molar-refractivity contribution in [2.75, 3.05) is 0 Å². The predicted molar refractivity (Wildman–Crippen MR) is 240 cm³/mol. The van der Waals surface area contributed by atoms with Crippen LogP contribution in [0.1, 0.15) is 17.8 Å². The van der Waals surface area contributed by atoms with Gasteiger partial charge in [-0.15, -0.1) is 0 Å². The molecule has 12 aromatic rings. The summed E-state index contributed by atoms with van der Waals surface area (Å²) in [4.78, 5) is 0. The van der Waals surface area contributed by atoms with E-state index in [9.17, 15) is 6.85 Å². The van der Waals surface area contributed by atoms with Crippen LogP contribution in [-0.2, 0) is 0 Å². The molecule has 57 heavy (non-hydrogen) atoms. The maximum atomic E-state index is 9.89. The van der Waals surface area contributed by atoms with Crippen molar-refractivity contribution in [3.63, 3.8) is 0 Å². The molecule has 0 unspecified atom stereocenters. The van der Waals surface area contributed by atoms with Crippen LogP contribution in [0.2, 0.25) is 0 Å². The molecule has 3 heterocycles. The first-order valence-corrected chi connectivity index (χ1v) is 18.5. The molecule has 0 atom stereocenters. The molecule has 0 fully saturated rings. The Balaban J connectivity index is 1.14. The number of benzene rings is 9. The van der Waals surface area contributed by atoms with Crippen molar-refractivity contribution >= 4 is 65.4 Å². The molecule has 0 aliphatic heterocycles. The number of aromatic nitrogens is 3. The molecule has 3 nitrogen and oxygen atoms in total. The SMILES string of the molecule is [2H]c1c([2H])c([2H])c(-c2c([2H])c([2H])c([2H])c(-c3c([2H])c([2H])c([2H])c(-n4c5ccccc5c5ccc(-n6c7ccccc7c7ccc(-n8c9ccccc9c9ccccc98)cc76)cc54)c3[2H])c2[2H])c([2H])c1[2H]. The highest BCUT2D eigenvalue weighted by atomic mass is 15.0. The van der Waals surface area contributed by atoms with E-state index in [1.54, 1.807) is 4.57 Å². The van der Waals surface area contributed by atoms with Crippen LogP contribution in [0, 0.1) is 0 Å². The van der Waals surface area contributed by atoms with Crippen LogP contribution < -0.4 is 0 Å². The lowest BCUT2D eigenvalue weighted by Gasteiger charge is -2.13. The molecule has 0 saturated heterocycles. The van der Waals surface area contributed by atoms with Gasteiger partial charge in [-0.3, -0.25) is 0 Å². The summed E-state index contributed by atoms with van der Waals surface area (Å²) in [5.74, 6) is 0. The van der Waals surface area contributed by atoms with Gasteiger partial charge in [0.05, 0.1) is 50.9 Å². The Kier molecular flexibility index (Phi) is 4.69. The topological polar surface area (TPSA) is 14.8 Å². The molecule has 0 saturated carbocycles. The number of para-hydroxylation sites is 4. The van der Waals surface area contributed by atoms with Gasteiger partial charge in [-0.1, -0.05) is 145 Å². The highest BCUT2D eigenvalue weighted by molar-refractivity contribution is 6.13. The number of hydrogen-bond donors (Lipinski definition) is 0. The third-order valence-corrected chi connectivity index (χ3v) is 10.9. The van der Waals surface area contributed by atoms with Crippen LogP contribution in [0.5, 0.6) is 0 Å². The molecule has 266 valence electrons. The Morgan fingerprint density at radius 3 is 1.16 bits per heavy atom. The van der Waals surface area contributed by atoms with Gasteiger partial charge in [-0.25, -0.2) is 0 Å². The smallest absolute Gasteiger partial charge is 0.0651 e. The summed E-state index contributed by atoms with van der Waals surface area (Å²) in [5, 5.41) is 5.84. The first-order chi connectivity index (χ1) is 33.7. The maximum Gasteiger partial charge on any atom is 0.0651 e. The third kappa shape index (κ3) is 4.86. The van der Waals surface area contributed by atoms with Crippen molar-refractivity contribution in [1.29, 1.82) is 0 Å². The van der Waals surface area contributed by atoms with Gasteiger partial charge in [0.15, 0.2) is 0 Å². The minimum absolute atomic E-state index is 0.139. The maximum absolute atomic E-state index is 9.89. The monoisotopic (exact) mass is 738 g/mol. The number of nitrogens with zero attached hydrogens (tertiary/aromatic N) is 3. The van der Waals surface area contributed by atoms with Gasteiger partial charge in [0.25, 0.3) is 0 Å². The molecule has 0 radical (unpaired) electrons. The van der Waals surface area contributed by atoms with E-state index in [1.165, 1.54) is 0 Å². The molecular weight excluding hydrogens is 691 g/mol. The van der Waals surface area contributed by atoms with Gasteiger partial charge in [0.2, 0.25) is 0 Å². The van der Waals surface area contributed by atoms with Gasteiger partial charge in [-0.2, -0.15) is 0 Å². The minimum atomic E-state index is -0.774. The average Bonchev–Trinajstić information content (AvgIpc) is 4.01. The Morgan fingerprint density at radius 2 is 0.649 bits per heavy atom. The zero-order chi connectivity index (χ0) is 48.8. The zero-order valence-electron chi connectivity index (χ0n) is 43.0. The molecule has 3 aromatic heterocycles. The normalized spacial score (nSPS) is 15.1. The van der Waals surface area contributed by atoms with Crippen LogP contribution in [0.4, 0.5) is 0 Å². The van der Waals surface area contributed by atoms with E-state index in [0.717, 1.165) is 65.8 Å². The largest absolute Gasteiger partial charge is 0.309 e. The predicted octanol–water partition coefficient (Wildman–Crippen LogP) is 14.3. The molecule has 0 aliphatic rings. The van der Waals surface area contributed by atoms with E-state index < -0.39 is 101 Å². The van der Waals surface area contributed by atoms with Gasteiger partial charge in [-0.05, 0) is 88.9 Å². The fourth-order valence-electron chi connectivity index (χ4n) is 8.46. The van der Waals surface area contributed by atoms with Crippen molar-refractivity contribution in [2.45, 2.75) is 0 Å². The number of rotatable bonds is 5. The number of fused-ring (bicyclic) bond motifs is 9. The summed E-state index contributed by atoms with van der Waals surface area (Å²) in [6.07, 6.45) is 0. The Hall–Kier alpha value is -7.62. The van der Waals surface area contributed by atoms with Crippen molar-refractivity contribution < 1.29 is 17.8 Å². The number of hydrogen-bond acceptors (Lipinski definition) is 0. The molecule has 0 N–H and O–H groups in total. The summed E-state index contributed by atoms with van der Waals surface area (Å²) in [6.45, 7) is 0. The Bertz CT molecular complexity index is 4220. The van der Waals surface area contributed by atoms with E-state index in [-0.39, 0.29) is 5.69 Å². The van der Waals surface area contributed by atoms with E-state index in [2.05, 4.69) is 63.7 Å². The van der Waals surface area contributed by atoms with Gasteiger partial charge < -0.3 is 13.7 Å². The average molecular weight is 739 g/mol. The van der Waals surface area contributed by atoms with Crippen LogP contribution in [0.25, 0.3) is 105 Å². The fraction of sp³-hybridized carbons (Fsp3) is 0. The fourth-order valence-corrected chi connectivity index (χ4v) is 8.46. The minimum Gasteiger partial charge on any atom is -0.309 e. The van der Waals surface area contributed by atoms with E-state index >= 15 is 0 Å². The molecule has 0 bridgehead atoms. The summed E-state index contributed by atoms with van der Waals surface area (Å²) >= 11 is 0. The standard InChI is InChI=1S/C54H35N3/c1-2-14-36(15-3-1)37-16-12-17-38(32-37)39-18-13-19-40(33-39)56-51-26-10-6-22-45(51)47-31-29-42(35-53(47)56)57-52-27-11-7-23-46(52)48-30-28-41(34-54(48)57)55-49-24-8-4-20-43(49)44-21-5-9-25-50(44)55/h1-35H/i1D,2D,3D,12D,13D,14D,15D,16D,17D,18D,19D,32D,33D. The summed E-state index contributed by atoms with van der Waals surface area (Å²) in [5.41, 5.74) is 4.61. The lowest BCUT2D eigenvalue weighted by Crippen LogP contribution is -1.98. The summed E-state index contributed by atoms with van der Waals surface area (Å²) in [6, 6.07) is 35.7. The molecule has 9 aromatic carbocycles. The van der Waals surface area contributed by atoms with E-state index in [0.29, 0.717) is 11.0 Å². The molecule has 12 rings (SSSR count). The van der Waals surface area contributed by atoms with Crippen molar-refractivity contribution in [3.05, 3.63) is 212 Å². The van der Waals surface area contributed by atoms with Gasteiger partial charge in [0, 0.05) is 49.4 Å². The van der Waals surface area contributed by atoms with Crippen LogP contribution in [0.15, 0.2) is 212 Å². The van der Waals surface area contributed by atoms with Crippen molar-refractivity contribution in [3.8, 4) is 39.3 Å². The summed E-state index contributed by atoms with van der Waals surface area (Å²) < 4.78 is 122. The second-order valence-corrected chi connectivity index (χ2v) is 14.0. The molecule has 0 aliphatic carbocycles. The first-order valence-electron chi connectivity index (χ1n) is 25.0. The first kappa shape index (κ1) is 21.5. The van der Waals surface area contributed by atoms with Gasteiger partial charge >= 0.3 is 0 Å². The second-order valence-electron chi connectivity index (χ2n) is 14.0. The quantitative estimate of drug-likeness (QED) is 0.167. The van der Waals surface area contributed by atoms with Crippen molar-refractivity contribution in [1.82, 2.24) is 13.7 Å². The molecule has 0 amide bonds. The highest BCUT2D eigenvalue weighted by Crippen LogP contribution is 2.39. The highest BCUT2D eigenvalue weighted by Gasteiger charge is 2.19. The van der Waals surface area contributed by atoms with E-state index in [4.69, 9.17) is 11.0 Å². The van der Waals surface area contributed by atoms with Gasteiger partial charge in [0.1, 0.15) is 0 Å². The van der Waals surface area contributed by atoms with Crippen LogP contribution in [0.3, 0.4) is 0 Å². The lowest BCUT2D eigenvalue weighted by molar-refractivity contribution is 1.14. The molecule has 0 spiro atoms. The van der Waals surface area contributed by atoms with Crippen LogP contribution in [-0.4, -0.2) is 13.7 Å². The Labute approximate surface area is 347 Å². The Morgan fingerprint density at radius 1 is 0.281 bits per heavy atom. The molecular formula is C54H35N3. The second kappa shape index (κ2) is 12.5. The zero-order valence-corrected chi connectivity index (χ0v) is 30.0.